The Kier molecular flexibility index (Phi) is 8.47. The SMILES string of the molecule is COCCNC(=O)c1ccccc1NC(=O)c1cc(Br)ccc1OCC(C)C. The lowest BCUT2D eigenvalue weighted by molar-refractivity contribution is 0.0938. The molecule has 2 amide bonds. The summed E-state index contributed by atoms with van der Waals surface area (Å²) in [4.78, 5) is 25.3. The number of hydrogen-bond donors (Lipinski definition) is 2. The molecule has 0 heterocycles. The van der Waals surface area contributed by atoms with Gasteiger partial charge in [0.25, 0.3) is 11.8 Å². The van der Waals surface area contributed by atoms with Crippen LogP contribution in [0.15, 0.2) is 46.9 Å². The van der Waals surface area contributed by atoms with Gasteiger partial charge in [-0.3, -0.25) is 9.59 Å². The quantitative estimate of drug-likeness (QED) is 0.565. The number of methoxy groups -OCH3 is 1. The zero-order valence-corrected chi connectivity index (χ0v) is 17.8. The third kappa shape index (κ3) is 6.35. The van der Waals surface area contributed by atoms with Gasteiger partial charge in [0.1, 0.15) is 5.75 Å². The van der Waals surface area contributed by atoms with Crippen molar-refractivity contribution >= 4 is 33.4 Å². The zero-order chi connectivity index (χ0) is 20.5. The Labute approximate surface area is 173 Å². The van der Waals surface area contributed by atoms with E-state index in [1.165, 1.54) is 0 Å². The van der Waals surface area contributed by atoms with Crippen LogP contribution in [-0.2, 0) is 4.74 Å². The van der Waals surface area contributed by atoms with E-state index in [-0.39, 0.29) is 11.8 Å². The Balaban J connectivity index is 2.21. The van der Waals surface area contributed by atoms with Crippen LogP contribution in [-0.4, -0.2) is 38.7 Å². The van der Waals surface area contributed by atoms with Gasteiger partial charge in [0.2, 0.25) is 0 Å². The van der Waals surface area contributed by atoms with Gasteiger partial charge in [0, 0.05) is 18.1 Å². The first kappa shape index (κ1) is 21.9. The van der Waals surface area contributed by atoms with E-state index in [9.17, 15) is 9.59 Å². The number of ether oxygens (including phenoxy) is 2. The second-order valence-electron chi connectivity index (χ2n) is 6.59. The number of benzene rings is 2. The van der Waals surface area contributed by atoms with Crippen LogP contribution >= 0.6 is 15.9 Å². The molecule has 0 radical (unpaired) electrons. The number of nitrogens with one attached hydrogen (secondary N) is 2. The highest BCUT2D eigenvalue weighted by molar-refractivity contribution is 9.10. The molecule has 0 fully saturated rings. The Morgan fingerprint density at radius 2 is 1.82 bits per heavy atom. The Bertz CT molecular complexity index is 824. The molecule has 0 atom stereocenters. The number of carbonyl (C=O) groups excluding carboxylic acids is 2. The van der Waals surface area contributed by atoms with E-state index in [4.69, 9.17) is 9.47 Å². The summed E-state index contributed by atoms with van der Waals surface area (Å²) in [7, 11) is 1.57. The van der Waals surface area contributed by atoms with Gasteiger partial charge in [-0.1, -0.05) is 41.9 Å². The minimum Gasteiger partial charge on any atom is -0.492 e. The first-order chi connectivity index (χ1) is 13.4. The van der Waals surface area contributed by atoms with Crippen molar-refractivity contribution in [1.82, 2.24) is 5.32 Å². The molecule has 2 aromatic carbocycles. The highest BCUT2D eigenvalue weighted by atomic mass is 79.9. The van der Waals surface area contributed by atoms with Gasteiger partial charge in [0.15, 0.2) is 0 Å². The van der Waals surface area contributed by atoms with Gasteiger partial charge in [-0.05, 0) is 36.2 Å². The minimum absolute atomic E-state index is 0.279. The molecule has 0 aromatic heterocycles. The van der Waals surface area contributed by atoms with Crippen LogP contribution in [0, 0.1) is 5.92 Å². The third-order valence-electron chi connectivity index (χ3n) is 3.77. The van der Waals surface area contributed by atoms with Crippen LogP contribution < -0.4 is 15.4 Å². The highest BCUT2D eigenvalue weighted by Gasteiger charge is 2.17. The summed E-state index contributed by atoms with van der Waals surface area (Å²) >= 11 is 3.39. The van der Waals surface area contributed by atoms with Crippen LogP contribution in [0.3, 0.4) is 0 Å². The lowest BCUT2D eigenvalue weighted by Crippen LogP contribution is -2.28. The molecule has 0 aliphatic rings. The number of hydrogen-bond acceptors (Lipinski definition) is 4. The largest absolute Gasteiger partial charge is 0.492 e. The van der Waals surface area contributed by atoms with Crippen molar-refractivity contribution in [1.29, 1.82) is 0 Å². The number of halogens is 1. The summed E-state index contributed by atoms with van der Waals surface area (Å²) in [6.07, 6.45) is 0. The van der Waals surface area contributed by atoms with E-state index >= 15 is 0 Å². The summed E-state index contributed by atoms with van der Waals surface area (Å²) in [5.74, 6) is 0.197. The van der Waals surface area contributed by atoms with Gasteiger partial charge in [-0.15, -0.1) is 0 Å². The fourth-order valence-corrected chi connectivity index (χ4v) is 2.76. The van der Waals surface area contributed by atoms with Crippen molar-refractivity contribution in [2.45, 2.75) is 13.8 Å². The van der Waals surface area contributed by atoms with Gasteiger partial charge >= 0.3 is 0 Å². The molecule has 0 aliphatic heterocycles. The molecule has 7 heteroatoms. The molecule has 2 rings (SSSR count). The van der Waals surface area contributed by atoms with E-state index in [2.05, 4.69) is 26.6 Å². The number of anilines is 1. The first-order valence-electron chi connectivity index (χ1n) is 9.02. The van der Waals surface area contributed by atoms with Crippen molar-refractivity contribution in [2.24, 2.45) is 5.92 Å². The molecule has 0 saturated carbocycles. The van der Waals surface area contributed by atoms with E-state index in [1.54, 1.807) is 43.5 Å². The van der Waals surface area contributed by atoms with Crippen molar-refractivity contribution in [2.75, 3.05) is 32.2 Å². The monoisotopic (exact) mass is 448 g/mol. The number of amides is 2. The number of rotatable bonds is 9. The Hall–Kier alpha value is -2.38. The van der Waals surface area contributed by atoms with Gasteiger partial charge in [0.05, 0.1) is 30.0 Å². The van der Waals surface area contributed by atoms with Crippen LogP contribution in [0.4, 0.5) is 5.69 Å². The average molecular weight is 449 g/mol. The predicted octanol–water partition coefficient (Wildman–Crippen LogP) is 4.11. The molecule has 0 aliphatic carbocycles. The number of carbonyl (C=O) groups is 2. The first-order valence-corrected chi connectivity index (χ1v) is 9.81. The van der Waals surface area contributed by atoms with Crippen LogP contribution in [0.5, 0.6) is 5.75 Å². The summed E-state index contributed by atoms with van der Waals surface area (Å²) in [6.45, 7) is 5.37. The van der Waals surface area contributed by atoms with Crippen molar-refractivity contribution in [3.63, 3.8) is 0 Å². The van der Waals surface area contributed by atoms with Crippen LogP contribution in [0.25, 0.3) is 0 Å². The van der Waals surface area contributed by atoms with Crippen LogP contribution in [0.2, 0.25) is 0 Å². The predicted molar refractivity (Wildman–Crippen MR) is 113 cm³/mol. The summed E-state index contributed by atoms with van der Waals surface area (Å²) in [5.41, 5.74) is 1.20. The molecule has 0 unspecified atom stereocenters. The van der Waals surface area contributed by atoms with Gasteiger partial charge < -0.3 is 20.1 Å². The van der Waals surface area contributed by atoms with E-state index < -0.39 is 0 Å². The maximum absolute atomic E-state index is 12.9. The van der Waals surface area contributed by atoms with E-state index in [0.717, 1.165) is 4.47 Å². The van der Waals surface area contributed by atoms with E-state index in [1.807, 2.05) is 19.9 Å². The molecule has 0 spiro atoms. The molecular formula is C21H25BrN2O4. The highest BCUT2D eigenvalue weighted by Crippen LogP contribution is 2.25. The smallest absolute Gasteiger partial charge is 0.259 e. The molecule has 0 saturated heterocycles. The molecule has 28 heavy (non-hydrogen) atoms. The third-order valence-corrected chi connectivity index (χ3v) is 4.26. The molecule has 6 nitrogen and oxygen atoms in total. The zero-order valence-electron chi connectivity index (χ0n) is 16.3. The molecule has 0 bridgehead atoms. The molecule has 150 valence electrons. The Morgan fingerprint density at radius 1 is 1.07 bits per heavy atom. The molecule has 2 N–H and O–H groups in total. The van der Waals surface area contributed by atoms with Gasteiger partial charge in [-0.2, -0.15) is 0 Å². The Morgan fingerprint density at radius 3 is 2.54 bits per heavy atom. The minimum atomic E-state index is -0.350. The molecule has 2 aromatic rings. The summed E-state index contributed by atoms with van der Waals surface area (Å²) in [6, 6.07) is 12.1. The fourth-order valence-electron chi connectivity index (χ4n) is 2.40. The lowest BCUT2D eigenvalue weighted by Gasteiger charge is -2.15. The number of para-hydroxylation sites is 1. The topological polar surface area (TPSA) is 76.7 Å². The van der Waals surface area contributed by atoms with Crippen molar-refractivity contribution in [3.8, 4) is 5.75 Å². The van der Waals surface area contributed by atoms with Crippen LogP contribution in [0.1, 0.15) is 34.6 Å². The van der Waals surface area contributed by atoms with Gasteiger partial charge in [-0.25, -0.2) is 0 Å². The summed E-state index contributed by atoms with van der Waals surface area (Å²) < 4.78 is 11.5. The average Bonchev–Trinajstić information content (AvgIpc) is 2.67. The summed E-state index contributed by atoms with van der Waals surface area (Å²) in [5, 5.41) is 5.58. The lowest BCUT2D eigenvalue weighted by atomic mass is 10.1. The maximum atomic E-state index is 12.9. The van der Waals surface area contributed by atoms with E-state index in [0.29, 0.717) is 48.2 Å². The second-order valence-corrected chi connectivity index (χ2v) is 7.51. The normalized spacial score (nSPS) is 10.6. The second kappa shape index (κ2) is 10.8. The molecular weight excluding hydrogens is 424 g/mol. The maximum Gasteiger partial charge on any atom is 0.259 e. The standard InChI is InChI=1S/C21H25BrN2O4/c1-14(2)13-28-19-9-8-15(22)12-17(19)21(26)24-18-7-5-4-6-16(18)20(25)23-10-11-27-3/h4-9,12,14H,10-11,13H2,1-3H3,(H,23,25)(H,24,26). The van der Waals surface area contributed by atoms with Crippen molar-refractivity contribution in [3.05, 3.63) is 58.1 Å². The fraction of sp³-hybridized carbons (Fsp3) is 0.333. The van der Waals surface area contributed by atoms with Crippen molar-refractivity contribution < 1.29 is 19.1 Å².